The Morgan fingerprint density at radius 3 is 2.50 bits per heavy atom. The van der Waals surface area contributed by atoms with Gasteiger partial charge in [-0.05, 0) is 49.1 Å². The van der Waals surface area contributed by atoms with Crippen molar-refractivity contribution in [2.75, 3.05) is 13.2 Å². The summed E-state index contributed by atoms with van der Waals surface area (Å²) in [4.78, 5) is 11.5. The van der Waals surface area contributed by atoms with Crippen LogP contribution in [0.1, 0.15) is 32.3 Å². The summed E-state index contributed by atoms with van der Waals surface area (Å²) in [6.45, 7) is 4.67. The summed E-state index contributed by atoms with van der Waals surface area (Å²) < 4.78 is 10.3. The molecule has 0 fully saturated rings. The third kappa shape index (κ3) is 5.23. The molecule has 0 aliphatic heterocycles. The van der Waals surface area contributed by atoms with E-state index in [9.17, 15) is 4.79 Å². The first kappa shape index (κ1) is 17.7. The number of carbonyl (C=O) groups is 1. The Kier molecular flexibility index (Phi) is 6.55. The minimum Gasteiger partial charge on any atom is -0.494 e. The average Bonchev–Trinajstić information content (AvgIpc) is 2.59. The summed E-state index contributed by atoms with van der Waals surface area (Å²) in [5.41, 5.74) is 3.27. The Morgan fingerprint density at radius 2 is 1.92 bits per heavy atom. The topological polar surface area (TPSA) is 59.4 Å². The van der Waals surface area contributed by atoms with Crippen molar-refractivity contribution in [1.29, 1.82) is 5.41 Å². The molecular formula is C20H23NO3. The van der Waals surface area contributed by atoms with E-state index in [2.05, 4.69) is 6.08 Å². The molecular weight excluding hydrogens is 302 g/mol. The van der Waals surface area contributed by atoms with Crippen molar-refractivity contribution in [3.63, 3.8) is 0 Å². The van der Waals surface area contributed by atoms with Crippen LogP contribution in [-0.2, 0) is 9.53 Å². The number of carbonyl (C=O) groups excluding carboxylic acids is 1. The summed E-state index contributed by atoms with van der Waals surface area (Å²) in [7, 11) is 0. The second-order valence-electron chi connectivity index (χ2n) is 5.41. The van der Waals surface area contributed by atoms with Crippen molar-refractivity contribution < 1.29 is 14.3 Å². The molecule has 1 aliphatic carbocycles. The maximum Gasteiger partial charge on any atom is 0.352 e. The van der Waals surface area contributed by atoms with E-state index in [4.69, 9.17) is 14.9 Å². The molecule has 1 N–H and O–H groups in total. The van der Waals surface area contributed by atoms with Gasteiger partial charge in [-0.3, -0.25) is 5.41 Å². The normalized spacial score (nSPS) is 15.1. The minimum atomic E-state index is -0.539. The number of hydrogen-bond acceptors (Lipinski definition) is 4. The molecule has 126 valence electrons. The van der Waals surface area contributed by atoms with Gasteiger partial charge in [-0.2, -0.15) is 0 Å². The minimum absolute atomic E-state index is 0.00769. The highest BCUT2D eigenvalue weighted by molar-refractivity contribution is 6.35. The van der Waals surface area contributed by atoms with Crippen LogP contribution in [0.25, 0.3) is 6.08 Å². The number of nitrogens with one attached hydrogen (secondary N) is 1. The predicted molar refractivity (Wildman–Crippen MR) is 96.4 cm³/mol. The molecule has 0 radical (unpaired) electrons. The Bertz CT molecular complexity index is 681. The monoisotopic (exact) mass is 325 g/mol. The quantitative estimate of drug-likeness (QED) is 0.599. The molecule has 0 bridgehead atoms. The lowest BCUT2D eigenvalue weighted by atomic mass is 9.97. The van der Waals surface area contributed by atoms with Gasteiger partial charge in [0, 0.05) is 6.42 Å². The van der Waals surface area contributed by atoms with Crippen LogP contribution in [0.2, 0.25) is 0 Å². The maximum atomic E-state index is 11.5. The van der Waals surface area contributed by atoms with Gasteiger partial charge in [0.05, 0.1) is 13.2 Å². The van der Waals surface area contributed by atoms with Crippen molar-refractivity contribution in [1.82, 2.24) is 0 Å². The van der Waals surface area contributed by atoms with Gasteiger partial charge in [-0.1, -0.05) is 36.4 Å². The highest BCUT2D eigenvalue weighted by Crippen LogP contribution is 2.22. The third-order valence-electron chi connectivity index (χ3n) is 3.56. The van der Waals surface area contributed by atoms with Crippen molar-refractivity contribution in [2.45, 2.75) is 26.7 Å². The van der Waals surface area contributed by atoms with E-state index in [-0.39, 0.29) is 5.71 Å². The third-order valence-corrected chi connectivity index (χ3v) is 3.56. The van der Waals surface area contributed by atoms with Gasteiger partial charge in [-0.15, -0.1) is 0 Å². The number of esters is 1. The number of rotatable bonds is 7. The van der Waals surface area contributed by atoms with E-state index in [1.54, 1.807) is 6.92 Å². The maximum absolute atomic E-state index is 11.5. The number of hydrogen-bond donors (Lipinski definition) is 1. The zero-order chi connectivity index (χ0) is 17.4. The lowest BCUT2D eigenvalue weighted by molar-refractivity contribution is -0.135. The molecule has 0 saturated carbocycles. The molecule has 2 rings (SSSR count). The average molecular weight is 325 g/mol. The van der Waals surface area contributed by atoms with Crippen LogP contribution in [0.15, 0.2) is 53.6 Å². The van der Waals surface area contributed by atoms with Crippen LogP contribution in [0.5, 0.6) is 5.75 Å². The summed E-state index contributed by atoms with van der Waals surface area (Å²) in [6, 6.07) is 7.98. The first-order chi connectivity index (χ1) is 11.6. The first-order valence-corrected chi connectivity index (χ1v) is 8.17. The van der Waals surface area contributed by atoms with Crippen LogP contribution in [0.4, 0.5) is 0 Å². The van der Waals surface area contributed by atoms with Gasteiger partial charge in [0.2, 0.25) is 0 Å². The van der Waals surface area contributed by atoms with Crippen LogP contribution in [0, 0.1) is 5.41 Å². The molecule has 1 aromatic carbocycles. The van der Waals surface area contributed by atoms with Crippen molar-refractivity contribution >= 4 is 17.8 Å². The standard InChI is InChI=1S/C20H23NO3/c1-3-23-18-11-9-16(10-12-18)13-15-5-7-17(8-6-15)14-19(21)20(22)24-4-2/h5,7-13,21H,3-4,6,14H2,1-2H3. The van der Waals surface area contributed by atoms with E-state index in [0.29, 0.717) is 19.6 Å². The number of allylic oxidation sites excluding steroid dienone is 5. The van der Waals surface area contributed by atoms with Crippen molar-refractivity contribution in [3.8, 4) is 5.75 Å². The van der Waals surface area contributed by atoms with Crippen LogP contribution in [-0.4, -0.2) is 24.9 Å². The number of benzene rings is 1. The smallest absolute Gasteiger partial charge is 0.352 e. The Labute approximate surface area is 143 Å². The van der Waals surface area contributed by atoms with E-state index in [0.717, 1.165) is 23.3 Å². The highest BCUT2D eigenvalue weighted by Gasteiger charge is 2.12. The SMILES string of the molecule is CCOC(=O)C(=N)CC1=CCC(=Cc2ccc(OCC)cc2)C=C1. The second-order valence-corrected chi connectivity index (χ2v) is 5.41. The molecule has 0 heterocycles. The lowest BCUT2D eigenvalue weighted by Gasteiger charge is -2.10. The fourth-order valence-corrected chi connectivity index (χ4v) is 2.37. The summed E-state index contributed by atoms with van der Waals surface area (Å²) >= 11 is 0. The molecule has 4 nitrogen and oxygen atoms in total. The molecule has 0 atom stereocenters. The van der Waals surface area contributed by atoms with Gasteiger partial charge in [0.25, 0.3) is 0 Å². The summed E-state index contributed by atoms with van der Waals surface area (Å²) in [6.07, 6.45) is 9.26. The molecule has 0 spiro atoms. The van der Waals surface area contributed by atoms with Gasteiger partial charge in [-0.25, -0.2) is 4.79 Å². The van der Waals surface area contributed by atoms with Crippen LogP contribution >= 0.6 is 0 Å². The number of ether oxygens (including phenoxy) is 2. The van der Waals surface area contributed by atoms with Crippen LogP contribution in [0.3, 0.4) is 0 Å². The van der Waals surface area contributed by atoms with E-state index < -0.39 is 5.97 Å². The Morgan fingerprint density at radius 1 is 1.17 bits per heavy atom. The fraction of sp³-hybridized carbons (Fsp3) is 0.300. The van der Waals surface area contributed by atoms with Crippen molar-refractivity contribution in [3.05, 3.63) is 59.2 Å². The van der Waals surface area contributed by atoms with E-state index >= 15 is 0 Å². The van der Waals surface area contributed by atoms with Gasteiger partial charge in [0.1, 0.15) is 11.5 Å². The largest absolute Gasteiger partial charge is 0.494 e. The summed E-state index contributed by atoms with van der Waals surface area (Å²) in [5, 5.41) is 7.74. The van der Waals surface area contributed by atoms with E-state index in [1.165, 1.54) is 5.57 Å². The molecule has 0 aromatic heterocycles. The Hall–Kier alpha value is -2.62. The molecule has 0 amide bonds. The molecule has 24 heavy (non-hydrogen) atoms. The van der Waals surface area contributed by atoms with E-state index in [1.807, 2.05) is 49.4 Å². The first-order valence-electron chi connectivity index (χ1n) is 8.17. The molecule has 0 unspecified atom stereocenters. The fourth-order valence-electron chi connectivity index (χ4n) is 2.37. The molecule has 0 saturated heterocycles. The highest BCUT2D eigenvalue weighted by atomic mass is 16.5. The Balaban J connectivity index is 1.93. The molecule has 4 heteroatoms. The van der Waals surface area contributed by atoms with Gasteiger partial charge >= 0.3 is 5.97 Å². The van der Waals surface area contributed by atoms with Gasteiger partial charge in [0.15, 0.2) is 0 Å². The lowest BCUT2D eigenvalue weighted by Crippen LogP contribution is -2.17. The zero-order valence-electron chi connectivity index (χ0n) is 14.2. The van der Waals surface area contributed by atoms with Gasteiger partial charge < -0.3 is 9.47 Å². The molecule has 1 aromatic rings. The molecule has 1 aliphatic rings. The summed E-state index contributed by atoms with van der Waals surface area (Å²) in [5.74, 6) is 0.334. The predicted octanol–water partition coefficient (Wildman–Crippen LogP) is 4.33. The zero-order valence-corrected chi connectivity index (χ0v) is 14.2. The van der Waals surface area contributed by atoms with Crippen molar-refractivity contribution in [2.24, 2.45) is 0 Å². The van der Waals surface area contributed by atoms with Crippen LogP contribution < -0.4 is 4.74 Å². The second kappa shape index (κ2) is 8.87.